The third-order valence-electron chi connectivity index (χ3n) is 1.85. The van der Waals surface area contributed by atoms with Crippen molar-refractivity contribution in [1.29, 1.82) is 0 Å². The molecule has 0 aromatic heterocycles. The van der Waals surface area contributed by atoms with Crippen molar-refractivity contribution in [2.75, 3.05) is 0 Å². The van der Waals surface area contributed by atoms with E-state index in [1.54, 1.807) is 0 Å². The minimum absolute atomic E-state index is 0. The van der Waals surface area contributed by atoms with Gasteiger partial charge in [0, 0.05) is 5.02 Å². The Labute approximate surface area is 80.6 Å². The van der Waals surface area contributed by atoms with Crippen LogP contribution in [0.4, 0.5) is 0 Å². The standard InChI is InChI=1S/C10H13Cl.CH4/c1-7(2)10-8(3)5-4-6-9(10)11;/h4-7H,1-3H3;1H4. The molecule has 12 heavy (non-hydrogen) atoms. The zero-order valence-electron chi connectivity index (χ0n) is 7.19. The average Bonchev–Trinajstić information content (AvgIpc) is 1.85. The lowest BCUT2D eigenvalue weighted by molar-refractivity contribution is 0.857. The van der Waals surface area contributed by atoms with Gasteiger partial charge in [-0.2, -0.15) is 0 Å². The Kier molecular flexibility index (Phi) is 4.33. The molecule has 1 heteroatoms. The predicted octanol–water partition coefficient (Wildman–Crippen LogP) is 4.41. The van der Waals surface area contributed by atoms with E-state index >= 15 is 0 Å². The van der Waals surface area contributed by atoms with Crippen LogP contribution < -0.4 is 0 Å². The van der Waals surface area contributed by atoms with Gasteiger partial charge in [-0.1, -0.05) is 45.0 Å². The Hall–Kier alpha value is -0.490. The number of rotatable bonds is 1. The molecule has 0 amide bonds. The molecule has 0 bridgehead atoms. The second-order valence-corrected chi connectivity index (χ2v) is 3.53. The molecule has 0 aliphatic heterocycles. The summed E-state index contributed by atoms with van der Waals surface area (Å²) >= 11 is 6.02. The summed E-state index contributed by atoms with van der Waals surface area (Å²) in [6, 6.07) is 6.04. The van der Waals surface area contributed by atoms with Crippen molar-refractivity contribution >= 4 is 11.6 Å². The second-order valence-electron chi connectivity index (χ2n) is 3.13. The SMILES string of the molecule is C.Cc1cccc(Cl)c1C(C)C. The topological polar surface area (TPSA) is 0 Å². The van der Waals surface area contributed by atoms with Gasteiger partial charge in [0.2, 0.25) is 0 Å². The Morgan fingerprint density at radius 2 is 1.83 bits per heavy atom. The van der Waals surface area contributed by atoms with E-state index in [2.05, 4.69) is 26.8 Å². The largest absolute Gasteiger partial charge is 0.0840 e. The lowest BCUT2D eigenvalue weighted by atomic mass is 9.98. The molecule has 1 aromatic rings. The first-order valence-electron chi connectivity index (χ1n) is 3.88. The van der Waals surface area contributed by atoms with E-state index in [0.29, 0.717) is 5.92 Å². The van der Waals surface area contributed by atoms with Crippen molar-refractivity contribution < 1.29 is 0 Å². The van der Waals surface area contributed by atoms with Gasteiger partial charge in [-0.15, -0.1) is 0 Å². The van der Waals surface area contributed by atoms with Gasteiger partial charge < -0.3 is 0 Å². The average molecular weight is 185 g/mol. The maximum atomic E-state index is 6.02. The summed E-state index contributed by atoms with van der Waals surface area (Å²) < 4.78 is 0. The quantitative estimate of drug-likeness (QED) is 0.607. The van der Waals surface area contributed by atoms with Crippen LogP contribution in [0.5, 0.6) is 0 Å². The van der Waals surface area contributed by atoms with E-state index in [9.17, 15) is 0 Å². The van der Waals surface area contributed by atoms with Crippen LogP contribution in [0.25, 0.3) is 0 Å². The Morgan fingerprint density at radius 3 is 2.17 bits per heavy atom. The highest BCUT2D eigenvalue weighted by Crippen LogP contribution is 2.26. The lowest BCUT2D eigenvalue weighted by Crippen LogP contribution is -1.92. The Morgan fingerprint density at radius 1 is 1.25 bits per heavy atom. The van der Waals surface area contributed by atoms with Gasteiger partial charge in [0.05, 0.1) is 0 Å². The van der Waals surface area contributed by atoms with Crippen molar-refractivity contribution in [3.63, 3.8) is 0 Å². The highest BCUT2D eigenvalue weighted by molar-refractivity contribution is 6.31. The molecule has 0 unspecified atom stereocenters. The number of hydrogen-bond donors (Lipinski definition) is 0. The second kappa shape index (κ2) is 4.51. The van der Waals surface area contributed by atoms with Crippen molar-refractivity contribution in [2.45, 2.75) is 34.1 Å². The van der Waals surface area contributed by atoms with E-state index in [1.165, 1.54) is 11.1 Å². The number of hydrogen-bond acceptors (Lipinski definition) is 0. The third-order valence-corrected chi connectivity index (χ3v) is 2.18. The minimum atomic E-state index is 0. The van der Waals surface area contributed by atoms with Gasteiger partial charge in [-0.05, 0) is 30.0 Å². The summed E-state index contributed by atoms with van der Waals surface area (Å²) in [5, 5.41) is 0.889. The molecule has 0 saturated carbocycles. The van der Waals surface area contributed by atoms with Gasteiger partial charge in [0.25, 0.3) is 0 Å². The molecule has 0 atom stereocenters. The van der Waals surface area contributed by atoms with Crippen LogP contribution in [0, 0.1) is 6.92 Å². The zero-order chi connectivity index (χ0) is 8.43. The van der Waals surface area contributed by atoms with E-state index in [1.807, 2.05) is 12.1 Å². The fourth-order valence-electron chi connectivity index (χ4n) is 1.38. The Bertz CT molecular complexity index is 231. The van der Waals surface area contributed by atoms with Gasteiger partial charge in [0.1, 0.15) is 0 Å². The van der Waals surface area contributed by atoms with Gasteiger partial charge in [-0.25, -0.2) is 0 Å². The van der Waals surface area contributed by atoms with Gasteiger partial charge in [-0.3, -0.25) is 0 Å². The van der Waals surface area contributed by atoms with Crippen molar-refractivity contribution in [3.8, 4) is 0 Å². The van der Waals surface area contributed by atoms with E-state index < -0.39 is 0 Å². The summed E-state index contributed by atoms with van der Waals surface area (Å²) in [5.41, 5.74) is 2.56. The molecule has 0 spiro atoms. The summed E-state index contributed by atoms with van der Waals surface area (Å²) in [6.45, 7) is 6.42. The lowest BCUT2D eigenvalue weighted by Gasteiger charge is -2.10. The highest BCUT2D eigenvalue weighted by Gasteiger charge is 2.06. The molecule has 1 aromatic carbocycles. The summed E-state index contributed by atoms with van der Waals surface area (Å²) in [4.78, 5) is 0. The molecule has 0 N–H and O–H groups in total. The van der Waals surface area contributed by atoms with E-state index in [-0.39, 0.29) is 7.43 Å². The molecular weight excluding hydrogens is 168 g/mol. The number of benzene rings is 1. The molecule has 0 aliphatic carbocycles. The Balaban J connectivity index is 0.00000121. The maximum absolute atomic E-state index is 6.02. The summed E-state index contributed by atoms with van der Waals surface area (Å²) in [5.74, 6) is 0.517. The monoisotopic (exact) mass is 184 g/mol. The smallest absolute Gasteiger partial charge is 0.0443 e. The molecule has 1 rings (SSSR count). The van der Waals surface area contributed by atoms with Crippen LogP contribution >= 0.6 is 11.6 Å². The highest BCUT2D eigenvalue weighted by atomic mass is 35.5. The van der Waals surface area contributed by atoms with Crippen molar-refractivity contribution in [1.82, 2.24) is 0 Å². The molecule has 0 saturated heterocycles. The predicted molar refractivity (Wildman–Crippen MR) is 57.0 cm³/mol. The van der Waals surface area contributed by atoms with Crippen LogP contribution in [0.2, 0.25) is 5.02 Å². The van der Waals surface area contributed by atoms with E-state index in [0.717, 1.165) is 5.02 Å². The third kappa shape index (κ3) is 2.25. The molecule has 0 heterocycles. The fourth-order valence-corrected chi connectivity index (χ4v) is 1.82. The summed E-state index contributed by atoms with van der Waals surface area (Å²) in [7, 11) is 0. The number of aryl methyl sites for hydroxylation is 1. The summed E-state index contributed by atoms with van der Waals surface area (Å²) in [6.07, 6.45) is 0. The van der Waals surface area contributed by atoms with Crippen LogP contribution in [0.3, 0.4) is 0 Å². The van der Waals surface area contributed by atoms with Gasteiger partial charge in [0.15, 0.2) is 0 Å². The molecule has 0 nitrogen and oxygen atoms in total. The van der Waals surface area contributed by atoms with Crippen LogP contribution in [-0.4, -0.2) is 0 Å². The maximum Gasteiger partial charge on any atom is 0.0443 e. The minimum Gasteiger partial charge on any atom is -0.0840 e. The molecule has 0 radical (unpaired) electrons. The number of halogens is 1. The molecule has 0 fully saturated rings. The molecular formula is C11H17Cl. The first-order chi connectivity index (χ1) is 5.13. The van der Waals surface area contributed by atoms with Crippen LogP contribution in [0.1, 0.15) is 38.3 Å². The van der Waals surface area contributed by atoms with Crippen LogP contribution in [0.15, 0.2) is 18.2 Å². The normalized spacial score (nSPS) is 9.75. The molecule has 0 aliphatic rings. The first kappa shape index (κ1) is 11.5. The zero-order valence-corrected chi connectivity index (χ0v) is 7.94. The van der Waals surface area contributed by atoms with Crippen molar-refractivity contribution in [3.05, 3.63) is 34.3 Å². The van der Waals surface area contributed by atoms with Gasteiger partial charge >= 0.3 is 0 Å². The fraction of sp³-hybridized carbons (Fsp3) is 0.455. The van der Waals surface area contributed by atoms with Crippen LogP contribution in [-0.2, 0) is 0 Å². The van der Waals surface area contributed by atoms with E-state index in [4.69, 9.17) is 11.6 Å². The molecule has 68 valence electrons. The first-order valence-corrected chi connectivity index (χ1v) is 4.25. The van der Waals surface area contributed by atoms with Crippen molar-refractivity contribution in [2.24, 2.45) is 0 Å².